The van der Waals surface area contributed by atoms with E-state index < -0.39 is 5.41 Å². The maximum atomic E-state index is 9.32. The van der Waals surface area contributed by atoms with E-state index in [1.54, 1.807) is 19.2 Å². The molecule has 0 radical (unpaired) electrons. The minimum atomic E-state index is -0.507. The van der Waals surface area contributed by atoms with Crippen molar-refractivity contribution < 1.29 is 4.74 Å². The highest BCUT2D eigenvalue weighted by molar-refractivity contribution is 6.35. The predicted molar refractivity (Wildman–Crippen MR) is 64.2 cm³/mol. The van der Waals surface area contributed by atoms with Gasteiger partial charge in [-0.15, -0.1) is 0 Å². The Morgan fingerprint density at radius 3 is 2.38 bits per heavy atom. The lowest BCUT2D eigenvalue weighted by molar-refractivity contribution is 0.307. The second-order valence-electron chi connectivity index (χ2n) is 3.98. The van der Waals surface area contributed by atoms with Crippen LogP contribution in [0.2, 0.25) is 10.0 Å². The molecule has 2 nitrogen and oxygen atoms in total. The molecule has 0 amide bonds. The van der Waals surface area contributed by atoms with E-state index in [1.807, 2.05) is 0 Å². The Kier molecular flexibility index (Phi) is 3.01. The number of hydrogen-bond donors (Lipinski definition) is 0. The molecule has 0 saturated heterocycles. The van der Waals surface area contributed by atoms with E-state index in [2.05, 4.69) is 6.07 Å². The summed E-state index contributed by atoms with van der Waals surface area (Å²) < 4.78 is 5.27. The van der Waals surface area contributed by atoms with Gasteiger partial charge in [0.15, 0.2) is 0 Å². The highest BCUT2D eigenvalue weighted by atomic mass is 35.5. The van der Waals surface area contributed by atoms with Gasteiger partial charge >= 0.3 is 0 Å². The molecule has 1 aromatic rings. The quantitative estimate of drug-likeness (QED) is 0.802. The molecule has 0 bridgehead atoms. The first kappa shape index (κ1) is 11.6. The Bertz CT molecular complexity index is 461. The Balaban J connectivity index is 2.63. The van der Waals surface area contributed by atoms with E-state index in [1.165, 1.54) is 0 Å². The van der Waals surface area contributed by atoms with E-state index in [4.69, 9.17) is 27.9 Å². The molecule has 0 aromatic heterocycles. The smallest absolute Gasteiger partial charge is 0.143 e. The van der Waals surface area contributed by atoms with Crippen LogP contribution in [0.1, 0.15) is 24.8 Å². The third kappa shape index (κ3) is 1.55. The van der Waals surface area contributed by atoms with Gasteiger partial charge in [0, 0.05) is 10.6 Å². The number of nitrogens with zero attached hydrogens (tertiary/aromatic N) is 1. The maximum absolute atomic E-state index is 9.32. The van der Waals surface area contributed by atoms with Crippen LogP contribution in [0, 0.1) is 11.3 Å². The number of nitriles is 1. The molecule has 0 heterocycles. The van der Waals surface area contributed by atoms with Crippen molar-refractivity contribution in [3.05, 3.63) is 27.7 Å². The average Bonchev–Trinajstić information content (AvgIpc) is 2.22. The molecule has 4 heteroatoms. The van der Waals surface area contributed by atoms with Gasteiger partial charge in [-0.2, -0.15) is 5.26 Å². The van der Waals surface area contributed by atoms with Crippen molar-refractivity contribution in [2.24, 2.45) is 0 Å². The fraction of sp³-hybridized carbons (Fsp3) is 0.417. The molecule has 0 N–H and O–H groups in total. The molecule has 0 atom stereocenters. The van der Waals surface area contributed by atoms with Crippen molar-refractivity contribution >= 4 is 23.2 Å². The lowest BCUT2D eigenvalue weighted by atomic mass is 9.65. The van der Waals surface area contributed by atoms with Crippen molar-refractivity contribution in [3.8, 4) is 11.8 Å². The summed E-state index contributed by atoms with van der Waals surface area (Å²) in [5.41, 5.74) is 0.241. The van der Waals surface area contributed by atoms with Crippen molar-refractivity contribution in [2.75, 3.05) is 7.11 Å². The number of hydrogen-bond acceptors (Lipinski definition) is 2. The van der Waals surface area contributed by atoms with Crippen LogP contribution in [0.25, 0.3) is 0 Å². The standard InChI is InChI=1S/C12H11Cl2NO/c1-16-11-9(14)4-3-8(13)10(11)12(7-15)5-2-6-12/h3-4H,2,5-6H2,1H3. The van der Waals surface area contributed by atoms with Gasteiger partial charge in [0.2, 0.25) is 0 Å². The van der Waals surface area contributed by atoms with Gasteiger partial charge in [0.1, 0.15) is 5.75 Å². The second-order valence-corrected chi connectivity index (χ2v) is 4.80. The fourth-order valence-corrected chi connectivity index (χ4v) is 2.69. The topological polar surface area (TPSA) is 33.0 Å². The van der Waals surface area contributed by atoms with Crippen molar-refractivity contribution in [2.45, 2.75) is 24.7 Å². The first-order valence-corrected chi connectivity index (χ1v) is 5.84. The van der Waals surface area contributed by atoms with Crippen LogP contribution >= 0.6 is 23.2 Å². The van der Waals surface area contributed by atoms with Gasteiger partial charge in [0.05, 0.1) is 23.6 Å². The molecule has 2 rings (SSSR count). The summed E-state index contributed by atoms with van der Waals surface area (Å²) in [6, 6.07) is 5.76. The highest BCUT2D eigenvalue weighted by Gasteiger charge is 2.43. The van der Waals surface area contributed by atoms with Crippen LogP contribution in [-0.4, -0.2) is 7.11 Å². The molecule has 16 heavy (non-hydrogen) atoms. The normalized spacial score (nSPS) is 17.4. The van der Waals surface area contributed by atoms with Gasteiger partial charge < -0.3 is 4.74 Å². The highest BCUT2D eigenvalue weighted by Crippen LogP contribution is 2.51. The third-order valence-corrected chi connectivity index (χ3v) is 3.78. The SMILES string of the molecule is COc1c(Cl)ccc(Cl)c1C1(C#N)CCC1. The van der Waals surface area contributed by atoms with Crippen molar-refractivity contribution in [3.63, 3.8) is 0 Å². The molecule has 1 aromatic carbocycles. The van der Waals surface area contributed by atoms with Crippen LogP contribution < -0.4 is 4.74 Å². The van der Waals surface area contributed by atoms with Crippen LogP contribution in [-0.2, 0) is 5.41 Å². The Hall–Kier alpha value is -0.910. The molecule has 0 spiro atoms. The van der Waals surface area contributed by atoms with E-state index >= 15 is 0 Å². The Morgan fingerprint density at radius 2 is 1.94 bits per heavy atom. The van der Waals surface area contributed by atoms with Crippen LogP contribution in [0.3, 0.4) is 0 Å². The summed E-state index contributed by atoms with van der Waals surface area (Å²) >= 11 is 12.2. The molecule has 0 unspecified atom stereocenters. The zero-order valence-electron chi connectivity index (χ0n) is 8.89. The summed E-state index contributed by atoms with van der Waals surface area (Å²) in [7, 11) is 1.55. The zero-order valence-corrected chi connectivity index (χ0v) is 10.4. The summed E-state index contributed by atoms with van der Waals surface area (Å²) in [5.74, 6) is 0.537. The zero-order chi connectivity index (χ0) is 11.8. The molecule has 84 valence electrons. The van der Waals surface area contributed by atoms with Crippen LogP contribution in [0.5, 0.6) is 5.75 Å². The molecule has 1 fully saturated rings. The molecule has 1 aliphatic carbocycles. The number of methoxy groups -OCH3 is 1. The number of halogens is 2. The molecule has 1 aliphatic rings. The summed E-state index contributed by atoms with van der Waals surface area (Å²) in [6.07, 6.45) is 2.68. The van der Waals surface area contributed by atoms with E-state index in [9.17, 15) is 5.26 Å². The van der Waals surface area contributed by atoms with Crippen molar-refractivity contribution in [1.29, 1.82) is 5.26 Å². The first-order chi connectivity index (χ1) is 7.64. The third-order valence-electron chi connectivity index (χ3n) is 3.16. The summed E-state index contributed by atoms with van der Waals surface area (Å²) in [4.78, 5) is 0. The molecule has 1 saturated carbocycles. The minimum absolute atomic E-state index is 0.503. The Morgan fingerprint density at radius 1 is 1.31 bits per heavy atom. The molecule has 0 aliphatic heterocycles. The number of rotatable bonds is 2. The van der Waals surface area contributed by atoms with E-state index in [0.29, 0.717) is 15.8 Å². The minimum Gasteiger partial charge on any atom is -0.495 e. The van der Waals surface area contributed by atoms with Crippen LogP contribution in [0.4, 0.5) is 0 Å². The molecular weight excluding hydrogens is 245 g/mol. The summed E-state index contributed by atoms with van der Waals surface area (Å²) in [6.45, 7) is 0. The van der Waals surface area contributed by atoms with Crippen LogP contribution in [0.15, 0.2) is 12.1 Å². The van der Waals surface area contributed by atoms with Gasteiger partial charge in [-0.3, -0.25) is 0 Å². The number of ether oxygens (including phenoxy) is 1. The monoisotopic (exact) mass is 255 g/mol. The lowest BCUT2D eigenvalue weighted by Crippen LogP contribution is -2.33. The van der Waals surface area contributed by atoms with E-state index in [-0.39, 0.29) is 0 Å². The first-order valence-electron chi connectivity index (χ1n) is 5.08. The predicted octanol–water partition coefficient (Wildman–Crippen LogP) is 3.95. The average molecular weight is 256 g/mol. The molecular formula is C12H11Cl2NO. The van der Waals surface area contributed by atoms with Gasteiger partial charge in [-0.05, 0) is 31.4 Å². The largest absolute Gasteiger partial charge is 0.495 e. The Labute approximate surface area is 105 Å². The maximum Gasteiger partial charge on any atom is 0.143 e. The van der Waals surface area contributed by atoms with E-state index in [0.717, 1.165) is 24.8 Å². The van der Waals surface area contributed by atoms with Gasteiger partial charge in [0.25, 0.3) is 0 Å². The fourth-order valence-electron chi connectivity index (χ4n) is 2.13. The number of benzene rings is 1. The van der Waals surface area contributed by atoms with Gasteiger partial charge in [-0.25, -0.2) is 0 Å². The van der Waals surface area contributed by atoms with Crippen molar-refractivity contribution in [1.82, 2.24) is 0 Å². The van der Waals surface area contributed by atoms with Gasteiger partial charge in [-0.1, -0.05) is 23.2 Å². The summed E-state index contributed by atoms with van der Waals surface area (Å²) in [5, 5.41) is 10.4. The second kappa shape index (κ2) is 4.16. The lowest BCUT2D eigenvalue weighted by Gasteiger charge is -2.37.